The first-order valence-electron chi connectivity index (χ1n) is 12.7. The van der Waals surface area contributed by atoms with Crippen LogP contribution in [0.1, 0.15) is 12.3 Å². The molecule has 0 aliphatic rings. The van der Waals surface area contributed by atoms with Gasteiger partial charge >= 0.3 is 0 Å². The van der Waals surface area contributed by atoms with Crippen LogP contribution in [0.5, 0.6) is 0 Å². The van der Waals surface area contributed by atoms with Gasteiger partial charge in [-0.05, 0) is 51.4 Å². The average molecular weight is 747 g/mol. The SMILES string of the molecule is [2H]C([2H])([2H])I.[2H]C([2H])([2H])[n+]1ccc(-c2cc[n+](C([2H])([2H])[2H])cc2)cc1.[I-].[I-].c1cc(-c2ccncc2)ccn1. The highest BCUT2D eigenvalue weighted by Gasteiger charge is 2.00. The summed E-state index contributed by atoms with van der Waals surface area (Å²) in [6, 6.07) is 14.7. The van der Waals surface area contributed by atoms with Crippen molar-refractivity contribution in [1.82, 2.24) is 9.97 Å². The predicted octanol–water partition coefficient (Wildman–Crippen LogP) is -1.79. The number of aromatic nitrogens is 4. The Bertz CT molecular complexity index is 1120. The highest BCUT2D eigenvalue weighted by molar-refractivity contribution is 14.1. The zero-order valence-electron chi connectivity index (χ0n) is 24.7. The molecule has 0 aliphatic carbocycles. The molecule has 0 aromatic carbocycles. The number of hydrogen-bond acceptors (Lipinski definition) is 2. The van der Waals surface area contributed by atoms with Gasteiger partial charge in [-0.25, -0.2) is 9.13 Å². The third kappa shape index (κ3) is 9.73. The molecule has 0 bridgehead atoms. The van der Waals surface area contributed by atoms with Crippen molar-refractivity contribution in [3.8, 4) is 22.3 Å². The second-order valence-electron chi connectivity index (χ2n) is 5.46. The highest BCUT2D eigenvalue weighted by Crippen LogP contribution is 2.16. The van der Waals surface area contributed by atoms with Crippen LogP contribution in [0.2, 0.25) is 0 Å². The molecule has 0 fully saturated rings. The Balaban J connectivity index is 0.000000648. The van der Waals surface area contributed by atoms with Crippen molar-refractivity contribution in [1.29, 1.82) is 0 Å². The van der Waals surface area contributed by atoms with E-state index in [-0.39, 0.29) is 48.0 Å². The molecular weight excluding hydrogens is 713 g/mol. The minimum atomic E-state index is -2.19. The number of hydrogen-bond donors (Lipinski definition) is 0. The molecule has 0 N–H and O–H groups in total. The molecule has 0 saturated heterocycles. The number of aryl methyl sites for hydroxylation is 2. The molecule has 7 heteroatoms. The summed E-state index contributed by atoms with van der Waals surface area (Å²) >= 11 is 1.38. The van der Waals surface area contributed by atoms with Crippen molar-refractivity contribution in [3.05, 3.63) is 98.1 Å². The first-order valence-corrected chi connectivity index (χ1v) is 9.26. The van der Waals surface area contributed by atoms with Gasteiger partial charge in [0.2, 0.25) is 0 Å². The van der Waals surface area contributed by atoms with Crippen LogP contribution in [0.15, 0.2) is 98.1 Å². The number of alkyl halides is 1. The molecule has 0 unspecified atom stereocenters. The predicted molar refractivity (Wildman–Crippen MR) is 122 cm³/mol. The Morgan fingerprint density at radius 2 is 0.867 bits per heavy atom. The highest BCUT2D eigenvalue weighted by atomic mass is 127. The number of rotatable bonds is 2. The van der Waals surface area contributed by atoms with Crippen LogP contribution in [0.3, 0.4) is 0 Å². The third-order valence-electron chi connectivity index (χ3n) is 3.69. The first-order chi connectivity index (χ1) is 17.1. The van der Waals surface area contributed by atoms with Crippen molar-refractivity contribution in [2.24, 2.45) is 14.0 Å². The van der Waals surface area contributed by atoms with E-state index in [0.717, 1.165) is 20.3 Å². The molecule has 0 atom stereocenters. The van der Waals surface area contributed by atoms with Crippen LogP contribution in [0.25, 0.3) is 22.3 Å². The molecule has 4 rings (SSSR count). The van der Waals surface area contributed by atoms with Gasteiger partial charge in [-0.15, -0.1) is 0 Å². The lowest BCUT2D eigenvalue weighted by molar-refractivity contribution is -0.671. The van der Waals surface area contributed by atoms with Gasteiger partial charge in [-0.2, -0.15) is 0 Å². The van der Waals surface area contributed by atoms with Crippen LogP contribution >= 0.6 is 22.6 Å². The van der Waals surface area contributed by atoms with Gasteiger partial charge in [0, 0.05) is 53.2 Å². The standard InChI is InChI=1S/C12H14N2.C10H8N2.CH3I.2HI/c1-13-7-3-11(4-8-13)12-5-9-14(2)10-6-12;1-5-11-6-2-9(1)10-3-7-12-8-4-10;1-2;;/h3-10H,1-2H3;1-8H;1H3;2*1H/q+2;;;;/p-2/i1D3,2D3;;1D3;;. The van der Waals surface area contributed by atoms with E-state index < -0.39 is 18.8 Å². The van der Waals surface area contributed by atoms with E-state index in [1.54, 1.807) is 49.1 Å². The third-order valence-corrected chi connectivity index (χ3v) is 3.69. The summed E-state index contributed by atoms with van der Waals surface area (Å²) in [5.41, 5.74) is 3.99. The van der Waals surface area contributed by atoms with E-state index in [9.17, 15) is 0 Å². The maximum atomic E-state index is 7.28. The van der Waals surface area contributed by atoms with E-state index in [1.807, 2.05) is 24.3 Å². The molecule has 4 heterocycles. The fourth-order valence-electron chi connectivity index (χ4n) is 2.33. The summed E-state index contributed by atoms with van der Waals surface area (Å²) < 4.78 is 64.7. The Kier molecular flexibility index (Phi) is 9.02. The first kappa shape index (κ1) is 16.4. The molecule has 0 spiro atoms. The maximum Gasteiger partial charge on any atom is 0.169 e. The van der Waals surface area contributed by atoms with Crippen molar-refractivity contribution >= 4 is 22.6 Å². The summed E-state index contributed by atoms with van der Waals surface area (Å²) in [5.74, 6) is 0. The minimum Gasteiger partial charge on any atom is -1.00 e. The molecule has 4 nitrogen and oxygen atoms in total. The smallest absolute Gasteiger partial charge is 0.169 e. The Labute approximate surface area is 239 Å². The van der Waals surface area contributed by atoms with Gasteiger partial charge in [-0.3, -0.25) is 9.97 Å². The largest absolute Gasteiger partial charge is 1.00 e. The molecule has 4 aromatic rings. The van der Waals surface area contributed by atoms with Gasteiger partial charge in [-0.1, -0.05) is 22.6 Å². The molecule has 0 amide bonds. The molecular formula is C23H25I3N4. The Morgan fingerprint density at radius 3 is 1.13 bits per heavy atom. The normalized spacial score (nSPS) is 14.5. The van der Waals surface area contributed by atoms with E-state index in [2.05, 4.69) is 9.97 Å². The summed E-state index contributed by atoms with van der Waals surface area (Å²) in [5, 5.41) is 0. The van der Waals surface area contributed by atoms with E-state index in [4.69, 9.17) is 12.3 Å². The quantitative estimate of drug-likeness (QED) is 0.138. The number of pyridine rings is 4. The van der Waals surface area contributed by atoms with Gasteiger partial charge in [0.15, 0.2) is 24.8 Å². The molecule has 158 valence electrons. The second-order valence-corrected chi connectivity index (χ2v) is 5.46. The summed E-state index contributed by atoms with van der Waals surface area (Å²) in [4.78, 5) is 6.13. The fourth-order valence-corrected chi connectivity index (χ4v) is 2.33. The zero-order valence-corrected chi connectivity index (χ0v) is 22.1. The molecule has 0 radical (unpaired) electrons. The van der Waals surface area contributed by atoms with Crippen molar-refractivity contribution < 1.29 is 69.4 Å². The van der Waals surface area contributed by atoms with E-state index in [0.29, 0.717) is 0 Å². The zero-order chi connectivity index (χ0) is 27.7. The van der Waals surface area contributed by atoms with Crippen molar-refractivity contribution in [2.45, 2.75) is 0 Å². The van der Waals surface area contributed by atoms with Crippen LogP contribution in [0.4, 0.5) is 0 Å². The second kappa shape index (κ2) is 16.5. The van der Waals surface area contributed by atoms with E-state index >= 15 is 0 Å². The van der Waals surface area contributed by atoms with Crippen molar-refractivity contribution in [3.63, 3.8) is 0 Å². The van der Waals surface area contributed by atoms with Gasteiger partial charge < -0.3 is 48.0 Å². The van der Waals surface area contributed by atoms with E-state index in [1.165, 1.54) is 58.5 Å². The molecule has 0 aliphatic heterocycles. The summed E-state index contributed by atoms with van der Waals surface area (Å²) in [6.07, 6.45) is 13.1. The van der Waals surface area contributed by atoms with Crippen LogP contribution in [-0.2, 0) is 14.0 Å². The number of halogens is 3. The van der Waals surface area contributed by atoms with Crippen LogP contribution in [0, 0.1) is 0 Å². The lowest BCUT2D eigenvalue weighted by Gasteiger charge is -1.97. The summed E-state index contributed by atoms with van der Waals surface area (Å²) in [6.45, 7) is -4.39. The average Bonchev–Trinajstić information content (AvgIpc) is 2.84. The lowest BCUT2D eigenvalue weighted by Crippen LogP contribution is -3.00. The maximum absolute atomic E-state index is 7.28. The lowest BCUT2D eigenvalue weighted by atomic mass is 10.1. The molecule has 0 saturated carbocycles. The summed E-state index contributed by atoms with van der Waals surface area (Å²) in [7, 11) is 0. The Hall–Kier alpha value is -1.21. The minimum absolute atomic E-state index is 0. The number of nitrogens with zero attached hydrogens (tertiary/aromatic N) is 4. The Morgan fingerprint density at radius 1 is 0.600 bits per heavy atom. The van der Waals surface area contributed by atoms with Gasteiger partial charge in [0.25, 0.3) is 0 Å². The van der Waals surface area contributed by atoms with Crippen molar-refractivity contribution in [2.75, 3.05) is 4.86 Å². The monoisotopic (exact) mass is 747 g/mol. The molecule has 4 aromatic heterocycles. The van der Waals surface area contributed by atoms with Gasteiger partial charge in [0.05, 0.1) is 0 Å². The van der Waals surface area contributed by atoms with Crippen LogP contribution in [-0.4, -0.2) is 14.8 Å². The topological polar surface area (TPSA) is 33.5 Å². The van der Waals surface area contributed by atoms with Gasteiger partial charge in [0.1, 0.15) is 22.2 Å². The van der Waals surface area contributed by atoms with Crippen LogP contribution < -0.4 is 57.1 Å². The fraction of sp³-hybridized carbons (Fsp3) is 0.130. The molecule has 30 heavy (non-hydrogen) atoms.